The largest absolute Gasteiger partial charge is 0.469 e. The van der Waals surface area contributed by atoms with Crippen LogP contribution >= 0.6 is 0 Å². The molecule has 2 saturated carbocycles. The summed E-state index contributed by atoms with van der Waals surface area (Å²) < 4.78 is 4.68. The molecule has 0 aromatic carbocycles. The third-order valence-electron chi connectivity index (χ3n) is 5.83. The zero-order chi connectivity index (χ0) is 17.5. The number of amides is 2. The monoisotopic (exact) mass is 337 g/mol. The van der Waals surface area contributed by atoms with Crippen LogP contribution in [0.2, 0.25) is 0 Å². The Kier molecular flexibility index (Phi) is 4.55. The van der Waals surface area contributed by atoms with Crippen LogP contribution in [0.4, 0.5) is 0 Å². The van der Waals surface area contributed by atoms with E-state index >= 15 is 0 Å². The molecule has 0 radical (unpaired) electrons. The van der Waals surface area contributed by atoms with Crippen molar-refractivity contribution in [2.24, 2.45) is 11.8 Å². The number of hydrogen-bond donors (Lipinski definition) is 0. The Labute approximate surface area is 142 Å². The summed E-state index contributed by atoms with van der Waals surface area (Å²) in [4.78, 5) is 41.8. The summed E-state index contributed by atoms with van der Waals surface area (Å²) in [6.45, 7) is 2.25. The predicted molar refractivity (Wildman–Crippen MR) is 87.0 cm³/mol. The van der Waals surface area contributed by atoms with E-state index in [1.807, 2.05) is 7.05 Å². The summed E-state index contributed by atoms with van der Waals surface area (Å²) in [5.74, 6) is 0.596. The Balaban J connectivity index is 1.45. The lowest BCUT2D eigenvalue weighted by Crippen LogP contribution is -2.59. The molecule has 2 unspecified atom stereocenters. The molecule has 1 aliphatic heterocycles. The third-order valence-corrected chi connectivity index (χ3v) is 5.83. The van der Waals surface area contributed by atoms with Crippen molar-refractivity contribution in [3.8, 4) is 0 Å². The summed E-state index contributed by atoms with van der Waals surface area (Å²) >= 11 is 0. The molecule has 0 bridgehead atoms. The molecule has 1 spiro atoms. The second-order valence-electron chi connectivity index (χ2n) is 7.49. The molecule has 2 atom stereocenters. The number of methoxy groups -OCH3 is 1. The van der Waals surface area contributed by atoms with Crippen LogP contribution in [-0.2, 0) is 19.1 Å². The quantitative estimate of drug-likeness (QED) is 0.636. The molecule has 134 valence electrons. The molecule has 0 aromatic rings. The van der Waals surface area contributed by atoms with Crippen molar-refractivity contribution >= 4 is 17.8 Å². The Bertz CT molecular complexity index is 546. The van der Waals surface area contributed by atoms with Gasteiger partial charge >= 0.3 is 5.97 Å². The van der Waals surface area contributed by atoms with Crippen LogP contribution in [0, 0.1) is 11.8 Å². The van der Waals surface area contributed by atoms with Crippen LogP contribution in [0.5, 0.6) is 0 Å². The number of nitrogens with zero attached hydrogens (tertiary/aromatic N) is 3. The SMILES string of the molecule is COC(=O)CC1CC1CN(C)C(=O)CN1CCN(C)C2(CC2)C1=O. The van der Waals surface area contributed by atoms with E-state index in [0.29, 0.717) is 31.3 Å². The maximum Gasteiger partial charge on any atom is 0.305 e. The summed E-state index contributed by atoms with van der Waals surface area (Å²) in [5.41, 5.74) is -0.320. The van der Waals surface area contributed by atoms with E-state index in [2.05, 4.69) is 9.64 Å². The molecule has 2 amide bonds. The fourth-order valence-electron chi connectivity index (χ4n) is 3.73. The molecule has 7 heteroatoms. The lowest BCUT2D eigenvalue weighted by molar-refractivity contribution is -0.148. The normalized spacial score (nSPS) is 28.0. The van der Waals surface area contributed by atoms with Gasteiger partial charge in [-0.15, -0.1) is 0 Å². The first-order valence-electron chi connectivity index (χ1n) is 8.69. The maximum atomic E-state index is 12.6. The third kappa shape index (κ3) is 3.27. The van der Waals surface area contributed by atoms with Gasteiger partial charge in [-0.25, -0.2) is 0 Å². The van der Waals surface area contributed by atoms with E-state index in [4.69, 9.17) is 0 Å². The van der Waals surface area contributed by atoms with Crippen LogP contribution in [-0.4, -0.2) is 85.4 Å². The van der Waals surface area contributed by atoms with Gasteiger partial charge in [0.15, 0.2) is 0 Å². The highest BCUT2D eigenvalue weighted by Crippen LogP contribution is 2.44. The number of likely N-dealkylation sites (N-methyl/N-ethyl adjacent to an activating group) is 2. The van der Waals surface area contributed by atoms with Crippen molar-refractivity contribution in [1.82, 2.24) is 14.7 Å². The molecule has 1 heterocycles. The van der Waals surface area contributed by atoms with Gasteiger partial charge < -0.3 is 14.5 Å². The van der Waals surface area contributed by atoms with Gasteiger partial charge in [-0.05, 0) is 38.1 Å². The molecule has 1 saturated heterocycles. The number of ether oxygens (including phenoxy) is 1. The van der Waals surface area contributed by atoms with Crippen LogP contribution < -0.4 is 0 Å². The average Bonchev–Trinajstić information content (AvgIpc) is 3.46. The fourth-order valence-corrected chi connectivity index (χ4v) is 3.73. The highest BCUT2D eigenvalue weighted by atomic mass is 16.5. The van der Waals surface area contributed by atoms with Gasteiger partial charge in [-0.2, -0.15) is 0 Å². The maximum absolute atomic E-state index is 12.6. The number of rotatable bonds is 6. The predicted octanol–water partition coefficient (Wildman–Crippen LogP) is -0.0494. The Morgan fingerprint density at radius 1 is 1.29 bits per heavy atom. The molecule has 7 nitrogen and oxygen atoms in total. The Hall–Kier alpha value is -1.63. The van der Waals surface area contributed by atoms with Gasteiger partial charge in [-0.3, -0.25) is 19.3 Å². The zero-order valence-corrected chi connectivity index (χ0v) is 14.8. The molecule has 3 rings (SSSR count). The van der Waals surface area contributed by atoms with E-state index in [1.165, 1.54) is 7.11 Å². The minimum absolute atomic E-state index is 0.0209. The molecule has 2 aliphatic carbocycles. The van der Waals surface area contributed by atoms with E-state index in [0.717, 1.165) is 25.8 Å². The fraction of sp³-hybridized carbons (Fsp3) is 0.824. The van der Waals surface area contributed by atoms with Crippen LogP contribution in [0.15, 0.2) is 0 Å². The highest BCUT2D eigenvalue weighted by molar-refractivity contribution is 5.93. The van der Waals surface area contributed by atoms with E-state index in [-0.39, 0.29) is 29.9 Å². The summed E-state index contributed by atoms with van der Waals surface area (Å²) in [6, 6.07) is 0. The second kappa shape index (κ2) is 6.35. The van der Waals surface area contributed by atoms with Crippen molar-refractivity contribution in [1.29, 1.82) is 0 Å². The number of piperazine rings is 1. The highest BCUT2D eigenvalue weighted by Gasteiger charge is 2.57. The summed E-state index contributed by atoms with van der Waals surface area (Å²) in [7, 11) is 5.17. The van der Waals surface area contributed by atoms with Crippen molar-refractivity contribution in [3.63, 3.8) is 0 Å². The van der Waals surface area contributed by atoms with Crippen molar-refractivity contribution in [2.45, 2.75) is 31.2 Å². The van der Waals surface area contributed by atoms with Crippen molar-refractivity contribution < 1.29 is 19.1 Å². The standard InChI is InChI=1S/C17H27N3O4/c1-18(10-13-8-12(13)9-15(22)24-3)14(21)11-20-7-6-19(2)17(4-5-17)16(20)23/h12-13H,4-11H2,1-3H3. The van der Waals surface area contributed by atoms with Crippen LogP contribution in [0.25, 0.3) is 0 Å². The van der Waals surface area contributed by atoms with Gasteiger partial charge in [0.05, 0.1) is 13.7 Å². The first kappa shape index (κ1) is 17.2. The van der Waals surface area contributed by atoms with E-state index in [1.54, 1.807) is 16.8 Å². The number of esters is 1. The van der Waals surface area contributed by atoms with E-state index < -0.39 is 0 Å². The first-order chi connectivity index (χ1) is 11.4. The molecular weight excluding hydrogens is 310 g/mol. The van der Waals surface area contributed by atoms with Crippen molar-refractivity contribution in [3.05, 3.63) is 0 Å². The minimum atomic E-state index is -0.320. The van der Waals surface area contributed by atoms with E-state index in [9.17, 15) is 14.4 Å². The number of hydrogen-bond acceptors (Lipinski definition) is 5. The molecule has 0 N–H and O–H groups in total. The second-order valence-corrected chi connectivity index (χ2v) is 7.49. The number of carbonyl (C=O) groups excluding carboxylic acids is 3. The Morgan fingerprint density at radius 3 is 2.62 bits per heavy atom. The van der Waals surface area contributed by atoms with Crippen LogP contribution in [0.3, 0.4) is 0 Å². The lowest BCUT2D eigenvalue weighted by atomic mass is 10.1. The lowest BCUT2D eigenvalue weighted by Gasteiger charge is -2.39. The molecule has 3 fully saturated rings. The van der Waals surface area contributed by atoms with Gasteiger partial charge in [-0.1, -0.05) is 0 Å². The summed E-state index contributed by atoms with van der Waals surface area (Å²) in [5, 5.41) is 0. The van der Waals surface area contributed by atoms with Crippen LogP contribution in [0.1, 0.15) is 25.7 Å². The topological polar surface area (TPSA) is 70.2 Å². The molecule has 3 aliphatic rings. The molecule has 24 heavy (non-hydrogen) atoms. The van der Waals surface area contributed by atoms with Gasteiger partial charge in [0.2, 0.25) is 11.8 Å². The van der Waals surface area contributed by atoms with Crippen molar-refractivity contribution in [2.75, 3.05) is 47.4 Å². The van der Waals surface area contributed by atoms with Gasteiger partial charge in [0.1, 0.15) is 5.54 Å². The average molecular weight is 337 g/mol. The minimum Gasteiger partial charge on any atom is -0.469 e. The van der Waals surface area contributed by atoms with Gasteiger partial charge in [0, 0.05) is 33.1 Å². The smallest absolute Gasteiger partial charge is 0.305 e. The number of carbonyl (C=O) groups is 3. The first-order valence-corrected chi connectivity index (χ1v) is 8.69. The Morgan fingerprint density at radius 2 is 2.00 bits per heavy atom. The summed E-state index contributed by atoms with van der Waals surface area (Å²) in [6.07, 6.45) is 3.20. The van der Waals surface area contributed by atoms with Gasteiger partial charge in [0.25, 0.3) is 0 Å². The molecule has 0 aromatic heterocycles. The zero-order valence-electron chi connectivity index (χ0n) is 14.8. The molecular formula is C17H27N3O4.